The van der Waals surface area contributed by atoms with E-state index in [1.807, 2.05) is 45.0 Å². The van der Waals surface area contributed by atoms with E-state index in [4.69, 9.17) is 4.74 Å². The normalized spacial score (nSPS) is 10.8. The van der Waals surface area contributed by atoms with Gasteiger partial charge in [-0.2, -0.15) is 0 Å². The number of hydrogen-bond acceptors (Lipinski definition) is 4. The number of hydrogen-bond donors (Lipinski definition) is 0. The van der Waals surface area contributed by atoms with E-state index in [2.05, 4.69) is 18.4 Å². The average molecular weight is 342 g/mol. The molecule has 0 unspecified atom stereocenters. The lowest BCUT2D eigenvalue weighted by Gasteiger charge is -2.14. The van der Waals surface area contributed by atoms with Gasteiger partial charge in [0.15, 0.2) is 6.61 Å². The summed E-state index contributed by atoms with van der Waals surface area (Å²) < 4.78 is 7.33. The fraction of sp³-hybridized carbons (Fsp3) is 0.400. The van der Waals surface area contributed by atoms with Gasteiger partial charge in [-0.1, -0.05) is 6.07 Å². The molecular weight excluding hydrogens is 316 g/mol. The van der Waals surface area contributed by atoms with Crippen LogP contribution in [0, 0.1) is 13.8 Å². The first-order valence-corrected chi connectivity index (χ1v) is 8.38. The van der Waals surface area contributed by atoms with Gasteiger partial charge >= 0.3 is 5.97 Å². The third-order valence-electron chi connectivity index (χ3n) is 4.23. The van der Waals surface area contributed by atoms with Crippen molar-refractivity contribution in [2.45, 2.75) is 33.7 Å². The summed E-state index contributed by atoms with van der Waals surface area (Å²) in [5.41, 5.74) is 3.89. The van der Waals surface area contributed by atoms with Crippen LogP contribution >= 0.6 is 0 Å². The molecule has 2 rings (SSSR count). The average Bonchev–Trinajstić information content (AvgIpc) is 2.87. The fourth-order valence-corrected chi connectivity index (χ4v) is 3.06. The number of nitrogens with zero attached hydrogens (tertiary/aromatic N) is 2. The standard InChI is InChI=1S/C20H26N2O3/c1-13(2)22-14(3)10-18(15(22)4)19(23)12-25-20(24)16-8-7-9-17(11-16)21(5)6/h7-11,13H,12H2,1-6H3. The van der Waals surface area contributed by atoms with E-state index in [0.717, 1.165) is 17.1 Å². The molecule has 0 fully saturated rings. The summed E-state index contributed by atoms with van der Waals surface area (Å²) in [4.78, 5) is 26.6. The van der Waals surface area contributed by atoms with Crippen molar-refractivity contribution in [1.29, 1.82) is 0 Å². The zero-order valence-electron chi connectivity index (χ0n) is 15.8. The van der Waals surface area contributed by atoms with Crippen molar-refractivity contribution in [2.24, 2.45) is 0 Å². The number of Topliss-reactive ketones (excluding diaryl/α,β-unsaturated/α-hetero) is 1. The van der Waals surface area contributed by atoms with Crippen LogP contribution in [-0.2, 0) is 4.74 Å². The smallest absolute Gasteiger partial charge is 0.338 e. The van der Waals surface area contributed by atoms with E-state index < -0.39 is 5.97 Å². The van der Waals surface area contributed by atoms with Gasteiger partial charge in [0.2, 0.25) is 5.78 Å². The van der Waals surface area contributed by atoms with Crippen molar-refractivity contribution < 1.29 is 14.3 Å². The maximum atomic E-state index is 12.5. The predicted octanol–water partition coefficient (Wildman–Crippen LogP) is 3.79. The Hall–Kier alpha value is -2.56. The third kappa shape index (κ3) is 4.10. The second-order valence-corrected chi connectivity index (χ2v) is 6.69. The molecule has 134 valence electrons. The topological polar surface area (TPSA) is 51.5 Å². The molecule has 0 saturated heterocycles. The van der Waals surface area contributed by atoms with Crippen LogP contribution in [0.5, 0.6) is 0 Å². The van der Waals surface area contributed by atoms with E-state index >= 15 is 0 Å². The second-order valence-electron chi connectivity index (χ2n) is 6.69. The maximum Gasteiger partial charge on any atom is 0.338 e. The van der Waals surface area contributed by atoms with Gasteiger partial charge in [0.25, 0.3) is 0 Å². The molecule has 1 aromatic carbocycles. The Morgan fingerprint density at radius 1 is 1.16 bits per heavy atom. The highest BCUT2D eigenvalue weighted by Crippen LogP contribution is 2.21. The van der Waals surface area contributed by atoms with Crippen LogP contribution in [0.2, 0.25) is 0 Å². The van der Waals surface area contributed by atoms with Crippen LogP contribution in [0.1, 0.15) is 52.0 Å². The molecule has 25 heavy (non-hydrogen) atoms. The zero-order chi connectivity index (χ0) is 18.7. The maximum absolute atomic E-state index is 12.5. The van der Waals surface area contributed by atoms with E-state index in [-0.39, 0.29) is 18.4 Å². The highest BCUT2D eigenvalue weighted by atomic mass is 16.5. The van der Waals surface area contributed by atoms with E-state index in [1.54, 1.807) is 18.2 Å². The van der Waals surface area contributed by atoms with Crippen molar-refractivity contribution in [3.8, 4) is 0 Å². The summed E-state index contributed by atoms with van der Waals surface area (Å²) in [7, 11) is 3.80. The molecule has 2 aromatic rings. The Labute approximate surface area is 149 Å². The van der Waals surface area contributed by atoms with Gasteiger partial charge in [0.05, 0.1) is 5.56 Å². The minimum atomic E-state index is -0.491. The lowest BCUT2D eigenvalue weighted by molar-refractivity contribution is 0.0474. The SMILES string of the molecule is Cc1cc(C(=O)COC(=O)c2cccc(N(C)C)c2)c(C)n1C(C)C. The summed E-state index contributed by atoms with van der Waals surface area (Å²) in [6.45, 7) is 7.79. The van der Waals surface area contributed by atoms with Gasteiger partial charge < -0.3 is 14.2 Å². The van der Waals surface area contributed by atoms with Crippen LogP contribution < -0.4 is 4.90 Å². The first-order chi connectivity index (χ1) is 11.7. The molecule has 1 heterocycles. The third-order valence-corrected chi connectivity index (χ3v) is 4.23. The molecule has 0 amide bonds. The van der Waals surface area contributed by atoms with Gasteiger partial charge in [0.1, 0.15) is 0 Å². The number of carbonyl (C=O) groups excluding carboxylic acids is 2. The first-order valence-electron chi connectivity index (χ1n) is 8.38. The molecule has 0 spiro atoms. The van der Waals surface area contributed by atoms with Gasteiger partial charge in [0, 0.05) is 42.8 Å². The molecule has 0 aliphatic rings. The second kappa shape index (κ2) is 7.55. The van der Waals surface area contributed by atoms with Gasteiger partial charge in [-0.05, 0) is 52.0 Å². The number of carbonyl (C=O) groups is 2. The fourth-order valence-electron chi connectivity index (χ4n) is 3.06. The molecule has 1 aromatic heterocycles. The Morgan fingerprint density at radius 2 is 1.84 bits per heavy atom. The molecule has 0 atom stereocenters. The Balaban J connectivity index is 2.09. The van der Waals surface area contributed by atoms with Crippen LogP contribution in [0.15, 0.2) is 30.3 Å². The monoisotopic (exact) mass is 342 g/mol. The zero-order valence-corrected chi connectivity index (χ0v) is 15.8. The number of aromatic nitrogens is 1. The number of aryl methyl sites for hydroxylation is 1. The minimum absolute atomic E-state index is 0.183. The Bertz CT molecular complexity index is 788. The molecule has 0 saturated carbocycles. The van der Waals surface area contributed by atoms with Gasteiger partial charge in [-0.15, -0.1) is 0 Å². The summed E-state index contributed by atoms with van der Waals surface area (Å²) in [6, 6.07) is 9.27. The van der Waals surface area contributed by atoms with Crippen molar-refractivity contribution >= 4 is 17.4 Å². The minimum Gasteiger partial charge on any atom is -0.454 e. The van der Waals surface area contributed by atoms with Gasteiger partial charge in [-0.3, -0.25) is 4.79 Å². The summed E-state index contributed by atoms with van der Waals surface area (Å²) in [5.74, 6) is -0.674. The number of anilines is 1. The summed E-state index contributed by atoms with van der Waals surface area (Å²) in [5, 5.41) is 0. The summed E-state index contributed by atoms with van der Waals surface area (Å²) >= 11 is 0. The quantitative estimate of drug-likeness (QED) is 0.592. The summed E-state index contributed by atoms with van der Waals surface area (Å²) in [6.07, 6.45) is 0. The predicted molar refractivity (Wildman–Crippen MR) is 99.7 cm³/mol. The molecule has 0 aliphatic heterocycles. The molecule has 0 radical (unpaired) electrons. The van der Waals surface area contributed by atoms with Crippen molar-refractivity contribution in [2.75, 3.05) is 25.6 Å². The lowest BCUT2D eigenvalue weighted by atomic mass is 10.1. The Kier molecular flexibility index (Phi) is 5.67. The number of esters is 1. The number of rotatable bonds is 6. The van der Waals surface area contributed by atoms with E-state index in [9.17, 15) is 9.59 Å². The van der Waals surface area contributed by atoms with Crippen LogP contribution in [0.4, 0.5) is 5.69 Å². The number of ether oxygens (including phenoxy) is 1. The lowest BCUT2D eigenvalue weighted by Crippen LogP contribution is -2.16. The van der Waals surface area contributed by atoms with E-state index in [0.29, 0.717) is 11.1 Å². The molecule has 5 nitrogen and oxygen atoms in total. The molecular formula is C20H26N2O3. The van der Waals surface area contributed by atoms with Gasteiger partial charge in [-0.25, -0.2) is 4.79 Å². The van der Waals surface area contributed by atoms with Crippen LogP contribution in [0.25, 0.3) is 0 Å². The molecule has 0 aliphatic carbocycles. The van der Waals surface area contributed by atoms with E-state index in [1.165, 1.54) is 0 Å². The molecule has 0 bridgehead atoms. The largest absolute Gasteiger partial charge is 0.454 e. The van der Waals surface area contributed by atoms with Crippen molar-refractivity contribution in [3.63, 3.8) is 0 Å². The van der Waals surface area contributed by atoms with Crippen molar-refractivity contribution in [3.05, 3.63) is 52.8 Å². The molecule has 5 heteroatoms. The highest BCUT2D eigenvalue weighted by Gasteiger charge is 2.19. The number of ketones is 1. The van der Waals surface area contributed by atoms with Crippen LogP contribution in [-0.4, -0.2) is 37.0 Å². The van der Waals surface area contributed by atoms with Crippen molar-refractivity contribution in [1.82, 2.24) is 4.57 Å². The Morgan fingerprint density at radius 3 is 2.40 bits per heavy atom. The first kappa shape index (κ1) is 18.8. The molecule has 0 N–H and O–H groups in total. The van der Waals surface area contributed by atoms with Crippen LogP contribution in [0.3, 0.4) is 0 Å². The highest BCUT2D eigenvalue weighted by molar-refractivity contribution is 6.00. The number of benzene rings is 1.